The summed E-state index contributed by atoms with van der Waals surface area (Å²) >= 11 is 0. The first-order chi connectivity index (χ1) is 28.1. The quantitative estimate of drug-likeness (QED) is 0.163. The summed E-state index contributed by atoms with van der Waals surface area (Å²) in [6.45, 7) is 15.3. The van der Waals surface area contributed by atoms with Gasteiger partial charge in [-0.3, -0.25) is 9.30 Å². The van der Waals surface area contributed by atoms with Crippen LogP contribution in [0.25, 0.3) is 33.8 Å². The fourth-order valence-electron chi connectivity index (χ4n) is 9.84. The van der Waals surface area contributed by atoms with Crippen LogP contribution in [0.2, 0.25) is 0 Å². The van der Waals surface area contributed by atoms with Crippen LogP contribution in [0.3, 0.4) is 0 Å². The van der Waals surface area contributed by atoms with E-state index in [4.69, 9.17) is 9.72 Å². The summed E-state index contributed by atoms with van der Waals surface area (Å²) in [5, 5.41) is 14.2. The molecule has 0 radical (unpaired) electrons. The van der Waals surface area contributed by atoms with Crippen LogP contribution in [0.1, 0.15) is 63.4 Å². The lowest BCUT2D eigenvalue weighted by Crippen LogP contribution is -2.42. The number of hydrogen-bond acceptors (Lipinski definition) is 10. The largest absolute Gasteiger partial charge is 0.478 e. The number of para-hydroxylation sites is 4. The van der Waals surface area contributed by atoms with E-state index < -0.39 is 5.97 Å². The smallest absolute Gasteiger partial charge is 0.339 e. The number of carboxylic acids is 1. The van der Waals surface area contributed by atoms with E-state index in [1.54, 1.807) is 6.07 Å². The van der Waals surface area contributed by atoms with Gasteiger partial charge in [0.05, 0.1) is 34.6 Å². The highest BCUT2D eigenvalue weighted by atomic mass is 16.5. The predicted molar refractivity (Wildman–Crippen MR) is 230 cm³/mol. The first kappa shape index (κ1) is 37.4. The van der Waals surface area contributed by atoms with Crippen molar-refractivity contribution < 1.29 is 19.4 Å². The Bertz CT molecular complexity index is 2580. The van der Waals surface area contributed by atoms with E-state index in [0.717, 1.165) is 82.4 Å². The summed E-state index contributed by atoms with van der Waals surface area (Å²) in [6.07, 6.45) is 7.85. The van der Waals surface area contributed by atoms with Crippen molar-refractivity contribution in [2.45, 2.75) is 53.6 Å². The first-order valence-electron chi connectivity index (χ1n) is 20.5. The van der Waals surface area contributed by atoms with E-state index in [2.05, 4.69) is 69.8 Å². The lowest BCUT2D eigenvalue weighted by Gasteiger charge is -2.39. The molecular formula is C46H50N8O4. The molecule has 2 saturated heterocycles. The summed E-state index contributed by atoms with van der Waals surface area (Å²) < 4.78 is 7.30. The number of esters is 1. The Morgan fingerprint density at radius 2 is 1.43 bits per heavy atom. The van der Waals surface area contributed by atoms with E-state index >= 15 is 0 Å². The van der Waals surface area contributed by atoms with Gasteiger partial charge in [-0.15, -0.1) is 0 Å². The van der Waals surface area contributed by atoms with Gasteiger partial charge >= 0.3 is 11.9 Å². The zero-order valence-corrected chi connectivity index (χ0v) is 33.7. The predicted octanol–water partition coefficient (Wildman–Crippen LogP) is 8.63. The van der Waals surface area contributed by atoms with Crippen molar-refractivity contribution in [1.29, 1.82) is 0 Å². The Balaban J connectivity index is 0.000000151. The molecule has 58 heavy (non-hydrogen) atoms. The number of nitrogens with zero attached hydrogens (tertiary/aromatic N) is 7. The van der Waals surface area contributed by atoms with Crippen LogP contribution in [0, 0.1) is 23.7 Å². The molecule has 4 aliphatic heterocycles. The normalized spacial score (nSPS) is 22.4. The molecule has 0 aliphatic carbocycles. The fourth-order valence-corrected chi connectivity index (χ4v) is 9.84. The Morgan fingerprint density at radius 3 is 2.14 bits per heavy atom. The number of rotatable bonds is 5. The summed E-state index contributed by atoms with van der Waals surface area (Å²) in [7, 11) is 0. The number of ether oxygens (including phenoxy) is 1. The monoisotopic (exact) mass is 778 g/mol. The highest BCUT2D eigenvalue weighted by Gasteiger charge is 2.41. The number of nitrogens with one attached hydrogen (secondary N) is 1. The van der Waals surface area contributed by atoms with Crippen molar-refractivity contribution in [3.63, 3.8) is 0 Å². The average Bonchev–Trinajstić information content (AvgIpc) is 3.79. The molecule has 2 fully saturated rings. The van der Waals surface area contributed by atoms with Crippen molar-refractivity contribution >= 4 is 74.3 Å². The van der Waals surface area contributed by atoms with Crippen molar-refractivity contribution in [2.75, 3.05) is 52.8 Å². The molecule has 0 amide bonds. The maximum Gasteiger partial charge on any atom is 0.339 e. The summed E-state index contributed by atoms with van der Waals surface area (Å²) in [5.74, 6) is 2.10. The lowest BCUT2D eigenvalue weighted by molar-refractivity contribution is -0.138. The summed E-state index contributed by atoms with van der Waals surface area (Å²) in [6, 6.07) is 21.7. The molecule has 0 spiro atoms. The highest BCUT2D eigenvalue weighted by Crippen LogP contribution is 2.48. The number of piperidine rings is 2. The average molecular weight is 779 g/mol. The van der Waals surface area contributed by atoms with Gasteiger partial charge in [0, 0.05) is 60.9 Å². The molecule has 12 heteroatoms. The highest BCUT2D eigenvalue weighted by molar-refractivity contribution is 6.06. The number of carbonyl (C=O) groups excluding carboxylic acids is 1. The van der Waals surface area contributed by atoms with Crippen molar-refractivity contribution in [1.82, 2.24) is 19.4 Å². The number of aromatic carboxylic acids is 1. The third-order valence-corrected chi connectivity index (χ3v) is 11.9. The van der Waals surface area contributed by atoms with Gasteiger partial charge < -0.3 is 25.0 Å². The molecule has 4 aromatic heterocycles. The maximum absolute atomic E-state index is 12.9. The molecule has 8 heterocycles. The van der Waals surface area contributed by atoms with Crippen LogP contribution >= 0.6 is 0 Å². The number of anilines is 5. The summed E-state index contributed by atoms with van der Waals surface area (Å²) in [4.78, 5) is 45.9. The first-order valence-corrected chi connectivity index (χ1v) is 20.5. The van der Waals surface area contributed by atoms with Gasteiger partial charge in [-0.05, 0) is 92.0 Å². The van der Waals surface area contributed by atoms with Crippen LogP contribution < -0.4 is 20.0 Å². The van der Waals surface area contributed by atoms with Gasteiger partial charge in [-0.25, -0.2) is 24.5 Å². The van der Waals surface area contributed by atoms with Gasteiger partial charge in [-0.1, -0.05) is 52.0 Å². The van der Waals surface area contributed by atoms with Gasteiger partial charge in [0.25, 0.3) is 0 Å². The number of carbonyl (C=O) groups is 2. The lowest BCUT2D eigenvalue weighted by atomic mass is 9.90. The van der Waals surface area contributed by atoms with Gasteiger partial charge in [0.2, 0.25) is 0 Å². The van der Waals surface area contributed by atoms with Gasteiger partial charge in [0.15, 0.2) is 5.65 Å². The Kier molecular flexibility index (Phi) is 9.65. The molecule has 0 saturated carbocycles. The molecule has 4 aliphatic rings. The molecule has 2 aromatic carbocycles. The zero-order valence-electron chi connectivity index (χ0n) is 33.7. The Hall–Kier alpha value is -6.17. The van der Waals surface area contributed by atoms with Crippen LogP contribution in [-0.4, -0.2) is 75.3 Å². The number of carboxylic acid groups (broad SMARTS) is 1. The minimum atomic E-state index is -0.975. The number of pyridine rings is 3. The Morgan fingerprint density at radius 1 is 0.793 bits per heavy atom. The number of aromatic nitrogens is 4. The van der Waals surface area contributed by atoms with E-state index in [9.17, 15) is 14.7 Å². The number of benzene rings is 2. The molecule has 5 atom stereocenters. The molecule has 10 rings (SSSR count). The minimum Gasteiger partial charge on any atom is -0.478 e. The fraction of sp³-hybridized carbons (Fsp3) is 0.370. The van der Waals surface area contributed by atoms with Gasteiger partial charge in [-0.2, -0.15) is 0 Å². The second kappa shape index (κ2) is 15.0. The molecule has 6 aromatic rings. The number of imidazole rings is 1. The molecule has 1 unspecified atom stereocenters. The minimum absolute atomic E-state index is 0.205. The number of fused-ring (bicyclic) bond motifs is 10. The van der Waals surface area contributed by atoms with Crippen LogP contribution in [0.5, 0.6) is 0 Å². The zero-order chi connectivity index (χ0) is 40.2. The Labute approximate surface area is 338 Å². The standard InChI is InChI=1S/C24H28N4O2.C22H22N4O2/c1-4-30-24(29)18-12-17-20(27-13-15(2)11-16(3)14-27)9-10-25-22(17)28-21-8-6-5-7-19(21)26-23(18)28;1-13-9-14(2)12-25(11-13)18-7-8-23-20-15(18)10-16(22(27)28)21-24-17-5-3-4-6-19(17)26(20)21/h5-10,12,15-16,23,26H,4,11,13-14H2,1-3H3;3-8,10,13-14H,9,11-12H2,1-2H3,(H,27,28)/t15-,16+,23?;13-,14+. The van der Waals surface area contributed by atoms with Crippen LogP contribution in [0.15, 0.2) is 84.7 Å². The van der Waals surface area contributed by atoms with E-state index in [0.29, 0.717) is 41.5 Å². The van der Waals surface area contributed by atoms with E-state index in [1.165, 1.54) is 12.8 Å². The molecule has 2 N–H and O–H groups in total. The van der Waals surface area contributed by atoms with E-state index in [-0.39, 0.29) is 17.7 Å². The topological polar surface area (TPSA) is 128 Å². The van der Waals surface area contributed by atoms with Crippen LogP contribution in [0.4, 0.5) is 28.6 Å². The second-order valence-corrected chi connectivity index (χ2v) is 16.7. The second-order valence-electron chi connectivity index (χ2n) is 16.7. The molecule has 12 nitrogen and oxygen atoms in total. The molecule has 0 bridgehead atoms. The third-order valence-electron chi connectivity index (χ3n) is 11.9. The molecule has 298 valence electrons. The van der Waals surface area contributed by atoms with Crippen LogP contribution in [-0.2, 0) is 9.53 Å². The summed E-state index contributed by atoms with van der Waals surface area (Å²) in [5.41, 5.74) is 8.86. The number of hydrogen-bond donors (Lipinski definition) is 2. The van der Waals surface area contributed by atoms with E-state index in [1.807, 2.05) is 78.3 Å². The maximum atomic E-state index is 12.9. The van der Waals surface area contributed by atoms with Crippen molar-refractivity contribution in [3.05, 3.63) is 95.8 Å². The molecular weight excluding hydrogens is 729 g/mol. The SMILES string of the molecule is CCOC(=O)C1=Cc2c(N3C[C@H](C)C[C@H](C)C3)ccnc2N2c3ccccc3NC12.C[C@@H]1C[C@H](C)CN(c2ccnc3c2cc(C(=O)O)c2nc4ccccc4n23)C1. The van der Waals surface area contributed by atoms with Gasteiger partial charge in [0.1, 0.15) is 23.2 Å². The third kappa shape index (κ3) is 6.54. The van der Waals surface area contributed by atoms with Crippen molar-refractivity contribution in [3.8, 4) is 0 Å². The van der Waals surface area contributed by atoms with Crippen molar-refractivity contribution in [2.24, 2.45) is 23.7 Å².